The third-order valence-electron chi connectivity index (χ3n) is 0.774. The summed E-state index contributed by atoms with van der Waals surface area (Å²) < 4.78 is 87.1. The maximum Gasteiger partial charge on any atom is 0.409 e. The van der Waals surface area contributed by atoms with Crippen molar-refractivity contribution in [2.75, 3.05) is 13.3 Å². The molecule has 0 aromatic carbocycles. The van der Waals surface area contributed by atoms with E-state index in [0.29, 0.717) is 0 Å². The van der Waals surface area contributed by atoms with Crippen LogP contribution in [0.2, 0.25) is 0 Å². The molecule has 0 aromatic heterocycles. The minimum atomic E-state index is -4.41. The molecule has 16 heavy (non-hydrogen) atoms. The summed E-state index contributed by atoms with van der Waals surface area (Å²) in [7, 11) is -4.06. The molecule has 0 radical (unpaired) electrons. The largest absolute Gasteiger partial charge is 0.409 e. The van der Waals surface area contributed by atoms with Gasteiger partial charge in [0, 0.05) is 0 Å². The summed E-state index contributed by atoms with van der Waals surface area (Å²) in [5, 5.41) is 0. The second-order valence-electron chi connectivity index (χ2n) is 2.13. The third kappa shape index (κ3) is 7.01. The Balaban J connectivity index is 3.85. The molecule has 0 rings (SSSR count). The molecular formula is C4H5F6O5P. The van der Waals surface area contributed by atoms with E-state index in [1.54, 1.807) is 0 Å². The molecule has 0 aliphatic heterocycles. The molecule has 5 nitrogen and oxygen atoms in total. The van der Waals surface area contributed by atoms with Crippen LogP contribution in [0.1, 0.15) is 0 Å². The van der Waals surface area contributed by atoms with E-state index < -0.39 is 33.8 Å². The number of hydrogen-bond donors (Lipinski definition) is 0. The van der Waals surface area contributed by atoms with Crippen molar-refractivity contribution in [1.29, 1.82) is 0 Å². The minimum Gasteiger partial charge on any atom is -0.259 e. The second-order valence-corrected chi connectivity index (χ2v) is 2.96. The Morgan fingerprint density at radius 2 is 1.19 bits per heavy atom. The van der Waals surface area contributed by atoms with E-state index in [1.807, 2.05) is 0 Å². The average molecular weight is 278 g/mol. The molecule has 0 unspecified atom stereocenters. The third-order valence-corrected chi connectivity index (χ3v) is 1.21. The Morgan fingerprint density at radius 3 is 1.44 bits per heavy atom. The van der Waals surface area contributed by atoms with E-state index in [2.05, 4.69) is 19.1 Å². The highest BCUT2D eigenvalue weighted by Gasteiger charge is 2.35. The summed E-state index contributed by atoms with van der Waals surface area (Å²) in [6.45, 7) is -4.60. The van der Waals surface area contributed by atoms with Gasteiger partial charge in [0.15, 0.2) is 13.3 Å². The zero-order valence-electron chi connectivity index (χ0n) is 7.22. The van der Waals surface area contributed by atoms with Gasteiger partial charge in [-0.1, -0.05) is 0 Å². The summed E-state index contributed by atoms with van der Waals surface area (Å²) in [5.41, 5.74) is 0. The van der Waals surface area contributed by atoms with Gasteiger partial charge >= 0.3 is 20.5 Å². The molecule has 0 aliphatic rings. The number of hydrogen-bond acceptors (Lipinski definition) is 5. The standard InChI is InChI=1S/C4H5F6O5P/c5-1-3(7,8)12-14-16(11)15-13-4(9,10)2-6/h16H,1-2H2. The Bertz CT molecular complexity index is 215. The zero-order chi connectivity index (χ0) is 12.8. The van der Waals surface area contributed by atoms with Crippen LogP contribution < -0.4 is 0 Å². The van der Waals surface area contributed by atoms with Gasteiger partial charge in [-0.25, -0.2) is 8.78 Å². The van der Waals surface area contributed by atoms with E-state index in [4.69, 9.17) is 0 Å². The molecule has 12 heteroatoms. The highest BCUT2D eigenvalue weighted by Crippen LogP contribution is 2.32. The van der Waals surface area contributed by atoms with E-state index >= 15 is 0 Å². The maximum atomic E-state index is 11.9. The topological polar surface area (TPSA) is 54.0 Å². The normalized spacial score (nSPS) is 13.4. The summed E-state index contributed by atoms with van der Waals surface area (Å²) in [5.74, 6) is 0. The van der Waals surface area contributed by atoms with Crippen molar-refractivity contribution in [3.05, 3.63) is 0 Å². The van der Waals surface area contributed by atoms with E-state index in [9.17, 15) is 30.9 Å². The fourth-order valence-corrected chi connectivity index (χ4v) is 0.656. The molecule has 0 fully saturated rings. The van der Waals surface area contributed by atoms with Crippen molar-refractivity contribution in [2.45, 2.75) is 12.2 Å². The minimum absolute atomic E-state index is 2.30. The summed E-state index contributed by atoms with van der Waals surface area (Å²) in [6, 6.07) is 0. The molecule has 0 N–H and O–H groups in total. The van der Waals surface area contributed by atoms with Crippen molar-refractivity contribution in [3.63, 3.8) is 0 Å². The first kappa shape index (κ1) is 15.7. The lowest BCUT2D eigenvalue weighted by molar-refractivity contribution is -0.423. The first-order chi connectivity index (χ1) is 7.22. The Labute approximate surface area is 85.0 Å². The summed E-state index contributed by atoms with van der Waals surface area (Å²) >= 11 is 0. The molecule has 0 saturated heterocycles. The number of rotatable bonds is 8. The summed E-state index contributed by atoms with van der Waals surface area (Å²) in [4.78, 5) is 5.84. The molecule has 0 saturated carbocycles. The van der Waals surface area contributed by atoms with Crippen LogP contribution in [-0.4, -0.2) is 25.6 Å². The van der Waals surface area contributed by atoms with Gasteiger partial charge in [-0.05, 0) is 0 Å². The van der Waals surface area contributed by atoms with Crippen LogP contribution in [0.4, 0.5) is 26.3 Å². The molecule has 0 amide bonds. The number of alkyl halides is 6. The van der Waals surface area contributed by atoms with E-state index in [0.717, 1.165) is 0 Å². The second kappa shape index (κ2) is 6.40. The summed E-state index contributed by atoms with van der Waals surface area (Å²) in [6.07, 6.45) is -8.82. The molecule has 0 aliphatic carbocycles. The zero-order valence-corrected chi connectivity index (χ0v) is 8.22. The molecule has 0 heterocycles. The van der Waals surface area contributed by atoms with Gasteiger partial charge in [0.05, 0.1) is 0 Å². The maximum absolute atomic E-state index is 11.9. The van der Waals surface area contributed by atoms with Crippen molar-refractivity contribution in [2.24, 2.45) is 0 Å². The predicted molar refractivity (Wildman–Crippen MR) is 35.2 cm³/mol. The Hall–Kier alpha value is -0.350. The molecule has 0 aromatic rings. The fraction of sp³-hybridized carbons (Fsp3) is 1.00. The fourth-order valence-electron chi connectivity index (χ4n) is 0.248. The molecule has 0 bridgehead atoms. The highest BCUT2D eigenvalue weighted by atomic mass is 31.1. The lowest BCUT2D eigenvalue weighted by Crippen LogP contribution is -2.23. The van der Waals surface area contributed by atoms with Crippen molar-refractivity contribution in [1.82, 2.24) is 0 Å². The van der Waals surface area contributed by atoms with E-state index in [1.165, 1.54) is 0 Å². The van der Waals surface area contributed by atoms with Crippen molar-refractivity contribution < 1.29 is 50.0 Å². The first-order valence-corrected chi connectivity index (χ1v) is 4.58. The molecule has 0 atom stereocenters. The van der Waals surface area contributed by atoms with E-state index in [-0.39, 0.29) is 0 Å². The van der Waals surface area contributed by atoms with Gasteiger partial charge in [0.25, 0.3) is 0 Å². The molecule has 98 valence electrons. The number of halogens is 6. The Morgan fingerprint density at radius 1 is 0.875 bits per heavy atom. The first-order valence-electron chi connectivity index (χ1n) is 3.35. The van der Waals surface area contributed by atoms with Crippen LogP contribution in [0.25, 0.3) is 0 Å². The van der Waals surface area contributed by atoms with Crippen LogP contribution in [0.15, 0.2) is 0 Å². The Kier molecular flexibility index (Phi) is 6.26. The lowest BCUT2D eigenvalue weighted by Gasteiger charge is -2.12. The van der Waals surface area contributed by atoms with Gasteiger partial charge in [0.2, 0.25) is 0 Å². The van der Waals surface area contributed by atoms with Gasteiger partial charge in [-0.2, -0.15) is 27.3 Å². The highest BCUT2D eigenvalue weighted by molar-refractivity contribution is 7.32. The van der Waals surface area contributed by atoms with Crippen LogP contribution in [0.3, 0.4) is 0 Å². The van der Waals surface area contributed by atoms with Gasteiger partial charge < -0.3 is 0 Å². The van der Waals surface area contributed by atoms with Crippen LogP contribution in [-0.2, 0) is 23.7 Å². The monoisotopic (exact) mass is 278 g/mol. The lowest BCUT2D eigenvalue weighted by atomic mass is 10.7. The van der Waals surface area contributed by atoms with Gasteiger partial charge in [-0.3, -0.25) is 4.57 Å². The van der Waals surface area contributed by atoms with Crippen LogP contribution >= 0.6 is 8.25 Å². The average Bonchev–Trinajstić information content (AvgIpc) is 2.24. The molecular weight excluding hydrogens is 273 g/mol. The van der Waals surface area contributed by atoms with Crippen LogP contribution in [0, 0.1) is 0 Å². The van der Waals surface area contributed by atoms with Crippen molar-refractivity contribution in [3.8, 4) is 0 Å². The molecule has 0 spiro atoms. The van der Waals surface area contributed by atoms with Crippen molar-refractivity contribution >= 4 is 8.25 Å². The van der Waals surface area contributed by atoms with Gasteiger partial charge in [-0.15, -0.1) is 9.35 Å². The quantitative estimate of drug-likeness (QED) is 0.295. The van der Waals surface area contributed by atoms with Gasteiger partial charge in [0.1, 0.15) is 0 Å². The predicted octanol–water partition coefficient (Wildman–Crippen LogP) is 2.40. The SMILES string of the molecule is O=[PH](OOC(F)(F)CF)OOC(F)(F)CF. The smallest absolute Gasteiger partial charge is 0.259 e. The van der Waals surface area contributed by atoms with Crippen LogP contribution in [0.5, 0.6) is 0 Å².